The molecule has 2 heterocycles. The van der Waals surface area contributed by atoms with E-state index in [0.717, 1.165) is 6.07 Å². The molecule has 0 saturated heterocycles. The third-order valence-electron chi connectivity index (χ3n) is 5.38. The molecule has 4 aromatic rings. The van der Waals surface area contributed by atoms with E-state index in [4.69, 9.17) is 19.9 Å². The molecule has 0 spiro atoms. The second kappa shape index (κ2) is 10.7. The predicted molar refractivity (Wildman–Crippen MR) is 133 cm³/mol. The highest BCUT2D eigenvalue weighted by molar-refractivity contribution is 6.08. The minimum Gasteiger partial charge on any atom is -0.484 e. The third-order valence-corrected chi connectivity index (χ3v) is 5.38. The number of fused-ring (bicyclic) bond motifs is 1. The highest BCUT2D eigenvalue weighted by Crippen LogP contribution is 2.35. The van der Waals surface area contributed by atoms with Crippen LogP contribution in [0, 0.1) is 0 Å². The molecule has 4 N–H and O–H groups in total. The number of hydrogen-bond acceptors (Lipinski definition) is 9. The molecule has 2 aromatic heterocycles. The lowest BCUT2D eigenvalue weighted by Gasteiger charge is -2.16. The van der Waals surface area contributed by atoms with Crippen LogP contribution in [0.3, 0.4) is 0 Å². The van der Waals surface area contributed by atoms with Crippen molar-refractivity contribution in [3.05, 3.63) is 59.9 Å². The van der Waals surface area contributed by atoms with Crippen molar-refractivity contribution in [3.8, 4) is 28.8 Å². The van der Waals surface area contributed by atoms with Gasteiger partial charge in [-0.15, -0.1) is 0 Å². The average Bonchev–Trinajstić information content (AvgIpc) is 2.90. The van der Waals surface area contributed by atoms with Crippen molar-refractivity contribution < 1.29 is 42.1 Å². The number of primary amides is 1. The van der Waals surface area contributed by atoms with E-state index in [1.807, 2.05) is 0 Å². The normalized spacial score (nSPS) is 11.2. The monoisotopic (exact) mass is 543 g/mol. The first-order valence-corrected chi connectivity index (χ1v) is 11.0. The Morgan fingerprint density at radius 1 is 1.05 bits per heavy atom. The van der Waals surface area contributed by atoms with Crippen LogP contribution in [0.25, 0.3) is 22.0 Å². The van der Waals surface area contributed by atoms with Crippen LogP contribution in [0.15, 0.2) is 48.8 Å². The Morgan fingerprint density at radius 3 is 2.46 bits per heavy atom. The van der Waals surface area contributed by atoms with Gasteiger partial charge in [-0.1, -0.05) is 12.1 Å². The van der Waals surface area contributed by atoms with Crippen LogP contribution in [0.1, 0.15) is 20.7 Å². The van der Waals surface area contributed by atoms with Crippen molar-refractivity contribution >= 4 is 34.2 Å². The van der Waals surface area contributed by atoms with Gasteiger partial charge in [0.2, 0.25) is 5.88 Å². The van der Waals surface area contributed by atoms with E-state index in [0.29, 0.717) is 22.0 Å². The molecule has 0 aliphatic rings. The maximum absolute atomic E-state index is 12.7. The zero-order valence-corrected chi connectivity index (χ0v) is 20.4. The van der Waals surface area contributed by atoms with E-state index in [9.17, 15) is 27.9 Å². The molecular weight excluding hydrogens is 523 g/mol. The summed E-state index contributed by atoms with van der Waals surface area (Å²) in [4.78, 5) is 36.4. The molecule has 14 heteroatoms. The lowest BCUT2D eigenvalue weighted by molar-refractivity contribution is -0.153. The van der Waals surface area contributed by atoms with Crippen molar-refractivity contribution in [1.29, 1.82) is 0 Å². The minimum atomic E-state index is -4.64. The van der Waals surface area contributed by atoms with Gasteiger partial charge in [0.25, 0.3) is 5.91 Å². The highest BCUT2D eigenvalue weighted by Gasteiger charge is 2.28. The smallest absolute Gasteiger partial charge is 0.422 e. The molecule has 0 atom stereocenters. The van der Waals surface area contributed by atoms with Crippen LogP contribution in [-0.2, 0) is 0 Å². The first-order valence-electron chi connectivity index (χ1n) is 11.0. The van der Waals surface area contributed by atoms with E-state index in [2.05, 4.69) is 20.3 Å². The number of rotatable bonds is 9. The van der Waals surface area contributed by atoms with Crippen LogP contribution < -0.4 is 25.3 Å². The first-order chi connectivity index (χ1) is 18.5. The number of carbonyl (C=O) groups is 2. The topological polar surface area (TPSA) is 159 Å². The van der Waals surface area contributed by atoms with E-state index in [1.54, 1.807) is 18.2 Å². The van der Waals surface area contributed by atoms with Crippen LogP contribution in [0.2, 0.25) is 0 Å². The Morgan fingerprint density at radius 2 is 1.82 bits per heavy atom. The Balaban J connectivity index is 1.81. The molecule has 1 amide bonds. The lowest BCUT2D eigenvalue weighted by atomic mass is 10.0. The van der Waals surface area contributed by atoms with Gasteiger partial charge in [0.05, 0.1) is 42.1 Å². The van der Waals surface area contributed by atoms with Gasteiger partial charge in [0.15, 0.2) is 6.61 Å². The average molecular weight is 543 g/mol. The van der Waals surface area contributed by atoms with E-state index in [1.165, 1.54) is 38.7 Å². The molecule has 11 nitrogen and oxygen atoms in total. The number of pyridine rings is 1. The van der Waals surface area contributed by atoms with Gasteiger partial charge in [-0.05, 0) is 23.8 Å². The molecule has 0 fully saturated rings. The van der Waals surface area contributed by atoms with Crippen molar-refractivity contribution in [2.75, 3.05) is 26.1 Å². The number of anilines is 2. The lowest BCUT2D eigenvalue weighted by Crippen LogP contribution is -2.19. The van der Waals surface area contributed by atoms with E-state index >= 15 is 0 Å². The van der Waals surface area contributed by atoms with Crippen molar-refractivity contribution in [1.82, 2.24) is 15.0 Å². The maximum Gasteiger partial charge on any atom is 0.422 e. The second-order valence-corrected chi connectivity index (χ2v) is 8.00. The summed E-state index contributed by atoms with van der Waals surface area (Å²) >= 11 is 0. The molecule has 39 heavy (non-hydrogen) atoms. The number of nitrogens with zero attached hydrogens (tertiary/aromatic N) is 3. The van der Waals surface area contributed by atoms with Gasteiger partial charge in [-0.3, -0.25) is 9.78 Å². The molecular formula is C25H20F3N5O6. The molecule has 0 unspecified atom stereocenters. The quantitative estimate of drug-likeness (QED) is 0.279. The number of nitrogens with two attached hydrogens (primary N) is 1. The number of nitrogens with one attached hydrogen (secondary N) is 1. The summed E-state index contributed by atoms with van der Waals surface area (Å²) in [6.45, 7) is -1.62. The fourth-order valence-corrected chi connectivity index (χ4v) is 3.67. The number of benzene rings is 2. The summed E-state index contributed by atoms with van der Waals surface area (Å²) in [6, 6.07) is 8.38. The Hall–Kier alpha value is -5.14. The number of halogens is 3. The SMILES string of the molecule is COc1ncc(-c2ccc3c(Nc4cc(OCC(F)(F)F)cc(C(=O)O)c4)c(C(N)=O)cnc3c2)c(OC)n1. The number of ether oxygens (including phenoxy) is 3. The number of hydrogen-bond donors (Lipinski definition) is 3. The summed E-state index contributed by atoms with van der Waals surface area (Å²) in [6.07, 6.45) is -1.91. The maximum atomic E-state index is 12.7. The Labute approximate surface area is 218 Å². The van der Waals surface area contributed by atoms with Crippen LogP contribution in [0.5, 0.6) is 17.6 Å². The number of alkyl halides is 3. The summed E-state index contributed by atoms with van der Waals surface area (Å²) < 4.78 is 53.1. The number of carboxylic acids is 1. The van der Waals surface area contributed by atoms with Gasteiger partial charge in [0.1, 0.15) is 5.75 Å². The summed E-state index contributed by atoms with van der Waals surface area (Å²) in [5.41, 5.74) is 6.88. The van der Waals surface area contributed by atoms with Gasteiger partial charge < -0.3 is 30.4 Å². The number of aromatic nitrogens is 3. The van der Waals surface area contributed by atoms with E-state index in [-0.39, 0.29) is 40.1 Å². The van der Waals surface area contributed by atoms with Crippen molar-refractivity contribution in [2.45, 2.75) is 6.18 Å². The van der Waals surface area contributed by atoms with Gasteiger partial charge >= 0.3 is 18.2 Å². The highest BCUT2D eigenvalue weighted by atomic mass is 19.4. The van der Waals surface area contributed by atoms with Crippen LogP contribution >= 0.6 is 0 Å². The van der Waals surface area contributed by atoms with Gasteiger partial charge in [-0.25, -0.2) is 9.78 Å². The largest absolute Gasteiger partial charge is 0.484 e. The second-order valence-electron chi connectivity index (χ2n) is 8.00. The zero-order valence-electron chi connectivity index (χ0n) is 20.4. The predicted octanol–water partition coefficient (Wildman–Crippen LogP) is 4.19. The standard InChI is InChI=1S/C25H20F3N5O6/c1-37-22-17(9-31-24(33-22)38-2)12-3-4-16-19(7-12)30-10-18(21(29)34)20(16)32-14-5-13(23(35)36)6-15(8-14)39-11-25(26,27)28/h3-10H,11H2,1-2H3,(H2,29,34)(H,30,32)(H,35,36). The van der Waals surface area contributed by atoms with Gasteiger partial charge in [-0.2, -0.15) is 18.2 Å². The Kier molecular flexibility index (Phi) is 7.38. The number of amides is 1. The fourth-order valence-electron chi connectivity index (χ4n) is 3.67. The van der Waals surface area contributed by atoms with Crippen LogP contribution in [-0.4, -0.2) is 58.9 Å². The van der Waals surface area contributed by atoms with Gasteiger partial charge in [0, 0.05) is 29.5 Å². The molecule has 0 aliphatic carbocycles. The van der Waals surface area contributed by atoms with Crippen molar-refractivity contribution in [3.63, 3.8) is 0 Å². The minimum absolute atomic E-state index is 0.0383. The summed E-state index contributed by atoms with van der Waals surface area (Å²) in [7, 11) is 2.85. The number of carboxylic acid groups (broad SMARTS) is 1. The molecule has 202 valence electrons. The molecule has 0 aliphatic heterocycles. The molecule has 0 bridgehead atoms. The fraction of sp³-hybridized carbons (Fsp3) is 0.160. The van der Waals surface area contributed by atoms with Crippen LogP contribution in [0.4, 0.5) is 24.5 Å². The first kappa shape index (κ1) is 26.9. The summed E-state index contributed by atoms with van der Waals surface area (Å²) in [5, 5.41) is 12.7. The number of methoxy groups -OCH3 is 2. The summed E-state index contributed by atoms with van der Waals surface area (Å²) in [5.74, 6) is -2.34. The van der Waals surface area contributed by atoms with E-state index < -0.39 is 24.7 Å². The van der Waals surface area contributed by atoms with Crippen molar-refractivity contribution in [2.24, 2.45) is 5.73 Å². The molecule has 4 rings (SSSR count). The zero-order chi connectivity index (χ0) is 28.3. The third kappa shape index (κ3) is 6.06. The molecule has 0 radical (unpaired) electrons. The number of aromatic carboxylic acids is 1. The Bertz CT molecular complexity index is 1580. The molecule has 2 aromatic carbocycles. The molecule has 0 saturated carbocycles. The number of carbonyl (C=O) groups excluding carboxylic acids is 1.